The van der Waals surface area contributed by atoms with Crippen LogP contribution in [0, 0.1) is 6.92 Å². The highest BCUT2D eigenvalue weighted by Crippen LogP contribution is 2.17. The Kier molecular flexibility index (Phi) is 3.44. The van der Waals surface area contributed by atoms with E-state index in [1.807, 2.05) is 0 Å². The number of aromatic carboxylic acids is 1. The van der Waals surface area contributed by atoms with Gasteiger partial charge in [-0.3, -0.25) is 0 Å². The van der Waals surface area contributed by atoms with Crippen LogP contribution in [0.2, 0.25) is 0 Å². The van der Waals surface area contributed by atoms with E-state index in [4.69, 9.17) is 5.11 Å². The predicted molar refractivity (Wildman–Crippen MR) is 69.8 cm³/mol. The molecule has 0 saturated heterocycles. The van der Waals surface area contributed by atoms with E-state index >= 15 is 0 Å². The quantitative estimate of drug-likeness (QED) is 0.871. The maximum absolute atomic E-state index is 10.7. The van der Waals surface area contributed by atoms with E-state index in [0.29, 0.717) is 5.56 Å². The number of anilines is 1. The number of carbonyl (C=O) groups is 1. The summed E-state index contributed by atoms with van der Waals surface area (Å²) in [7, 11) is 0. The molecule has 2 N–H and O–H groups in total. The van der Waals surface area contributed by atoms with Crippen molar-refractivity contribution in [1.29, 1.82) is 0 Å². The molecule has 1 heterocycles. The van der Waals surface area contributed by atoms with Crippen molar-refractivity contribution in [1.82, 2.24) is 0 Å². The molecule has 2 rings (SSSR count). The molecule has 88 valence electrons. The van der Waals surface area contributed by atoms with Crippen molar-refractivity contribution >= 4 is 23.0 Å². The monoisotopic (exact) mass is 247 g/mol. The predicted octanol–water partition coefficient (Wildman–Crippen LogP) is 3.37. The van der Waals surface area contributed by atoms with Crippen molar-refractivity contribution in [3.05, 3.63) is 51.7 Å². The third kappa shape index (κ3) is 3.07. The van der Waals surface area contributed by atoms with Gasteiger partial charge in [-0.2, -0.15) is 0 Å². The van der Waals surface area contributed by atoms with Gasteiger partial charge in [0, 0.05) is 22.0 Å². The Labute approximate surface area is 104 Å². The summed E-state index contributed by atoms with van der Waals surface area (Å²) in [6.45, 7) is 2.85. The van der Waals surface area contributed by atoms with Crippen LogP contribution in [-0.2, 0) is 6.54 Å². The number of hydrogen-bond acceptors (Lipinski definition) is 3. The Hall–Kier alpha value is -1.81. The largest absolute Gasteiger partial charge is 0.478 e. The van der Waals surface area contributed by atoms with Crippen molar-refractivity contribution in [2.75, 3.05) is 5.32 Å². The summed E-state index contributed by atoms with van der Waals surface area (Å²) in [6, 6.07) is 11.0. The lowest BCUT2D eigenvalue weighted by Crippen LogP contribution is -1.99. The van der Waals surface area contributed by atoms with E-state index in [2.05, 4.69) is 24.4 Å². The van der Waals surface area contributed by atoms with E-state index < -0.39 is 5.97 Å². The van der Waals surface area contributed by atoms with E-state index in [1.165, 1.54) is 9.75 Å². The van der Waals surface area contributed by atoms with E-state index in [9.17, 15) is 4.79 Å². The average Bonchev–Trinajstić information content (AvgIpc) is 2.73. The Morgan fingerprint density at radius 1 is 1.24 bits per heavy atom. The SMILES string of the molecule is Cc1ccc(CNc2ccc(C(=O)O)cc2)s1. The lowest BCUT2D eigenvalue weighted by molar-refractivity contribution is 0.0697. The van der Waals surface area contributed by atoms with E-state index in [-0.39, 0.29) is 0 Å². The Balaban J connectivity index is 1.97. The molecule has 0 spiro atoms. The minimum atomic E-state index is -0.898. The Morgan fingerprint density at radius 3 is 2.47 bits per heavy atom. The number of carboxylic acid groups (broad SMARTS) is 1. The van der Waals surface area contributed by atoms with Crippen molar-refractivity contribution in [3.8, 4) is 0 Å². The van der Waals surface area contributed by atoms with Crippen molar-refractivity contribution in [2.24, 2.45) is 0 Å². The summed E-state index contributed by atoms with van der Waals surface area (Å²) < 4.78 is 0. The zero-order valence-electron chi connectivity index (χ0n) is 9.43. The van der Waals surface area contributed by atoms with Gasteiger partial charge in [-0.15, -0.1) is 11.3 Å². The molecule has 17 heavy (non-hydrogen) atoms. The first-order valence-electron chi connectivity index (χ1n) is 5.28. The highest BCUT2D eigenvalue weighted by atomic mass is 32.1. The molecule has 0 fully saturated rings. The maximum atomic E-state index is 10.7. The number of aryl methyl sites for hydroxylation is 1. The normalized spacial score (nSPS) is 10.2. The Bertz CT molecular complexity index is 516. The van der Waals surface area contributed by atoms with Gasteiger partial charge in [0.05, 0.1) is 5.56 Å². The maximum Gasteiger partial charge on any atom is 0.335 e. The molecule has 0 atom stereocenters. The second kappa shape index (κ2) is 5.01. The van der Waals surface area contributed by atoms with Crippen LogP contribution in [0.1, 0.15) is 20.1 Å². The lowest BCUT2D eigenvalue weighted by Gasteiger charge is -2.04. The average molecular weight is 247 g/mol. The molecule has 0 unspecified atom stereocenters. The summed E-state index contributed by atoms with van der Waals surface area (Å²) in [5.74, 6) is -0.898. The fraction of sp³-hybridized carbons (Fsp3) is 0.154. The van der Waals surface area contributed by atoms with Gasteiger partial charge in [0.25, 0.3) is 0 Å². The summed E-state index contributed by atoms with van der Waals surface area (Å²) in [5, 5.41) is 12.0. The summed E-state index contributed by atoms with van der Waals surface area (Å²) >= 11 is 1.76. The van der Waals surface area contributed by atoms with Gasteiger partial charge in [-0.1, -0.05) is 0 Å². The van der Waals surface area contributed by atoms with Gasteiger partial charge >= 0.3 is 5.97 Å². The number of benzene rings is 1. The zero-order chi connectivity index (χ0) is 12.3. The minimum absolute atomic E-state index is 0.308. The molecule has 0 radical (unpaired) electrons. The topological polar surface area (TPSA) is 49.3 Å². The molecule has 1 aromatic carbocycles. The van der Waals surface area contributed by atoms with Crippen LogP contribution in [0.25, 0.3) is 0 Å². The highest BCUT2D eigenvalue weighted by molar-refractivity contribution is 7.11. The summed E-state index contributed by atoms with van der Waals surface area (Å²) in [4.78, 5) is 13.2. The number of carboxylic acids is 1. The van der Waals surface area contributed by atoms with Crippen molar-refractivity contribution in [2.45, 2.75) is 13.5 Å². The third-order valence-corrected chi connectivity index (χ3v) is 3.40. The van der Waals surface area contributed by atoms with Gasteiger partial charge in [0.1, 0.15) is 0 Å². The molecule has 2 aromatic rings. The standard InChI is InChI=1S/C13H13NO2S/c1-9-2-7-12(17-9)8-14-11-5-3-10(4-6-11)13(15)16/h2-7,14H,8H2,1H3,(H,15,16). The van der Waals surface area contributed by atoms with E-state index in [1.54, 1.807) is 35.6 Å². The first-order chi connectivity index (χ1) is 8.15. The van der Waals surface area contributed by atoms with Gasteiger partial charge in [-0.05, 0) is 43.3 Å². The van der Waals surface area contributed by atoms with E-state index in [0.717, 1.165) is 12.2 Å². The summed E-state index contributed by atoms with van der Waals surface area (Å²) in [5.41, 5.74) is 1.24. The van der Waals surface area contributed by atoms with Gasteiger partial charge in [-0.25, -0.2) is 4.79 Å². The van der Waals surface area contributed by atoms with Crippen LogP contribution in [0.15, 0.2) is 36.4 Å². The molecule has 0 aliphatic heterocycles. The molecule has 0 bridgehead atoms. The molecule has 4 heteroatoms. The molecule has 0 amide bonds. The molecular formula is C13H13NO2S. The molecule has 0 aliphatic rings. The zero-order valence-corrected chi connectivity index (χ0v) is 10.3. The van der Waals surface area contributed by atoms with Crippen molar-refractivity contribution in [3.63, 3.8) is 0 Å². The highest BCUT2D eigenvalue weighted by Gasteiger charge is 2.01. The van der Waals surface area contributed by atoms with Crippen molar-refractivity contribution < 1.29 is 9.90 Å². The molecule has 0 aliphatic carbocycles. The number of rotatable bonds is 4. The van der Waals surface area contributed by atoms with Gasteiger partial charge in [0.2, 0.25) is 0 Å². The fourth-order valence-corrected chi connectivity index (χ4v) is 2.33. The molecule has 1 aromatic heterocycles. The number of hydrogen-bond donors (Lipinski definition) is 2. The summed E-state index contributed by atoms with van der Waals surface area (Å²) in [6.07, 6.45) is 0. The first kappa shape index (κ1) is 11.7. The van der Waals surface area contributed by atoms with Crippen LogP contribution >= 0.6 is 11.3 Å². The van der Waals surface area contributed by atoms with Gasteiger partial charge < -0.3 is 10.4 Å². The molecule has 0 saturated carbocycles. The van der Waals surface area contributed by atoms with Crippen LogP contribution in [0.4, 0.5) is 5.69 Å². The minimum Gasteiger partial charge on any atom is -0.478 e. The number of thiophene rings is 1. The lowest BCUT2D eigenvalue weighted by atomic mass is 10.2. The smallest absolute Gasteiger partial charge is 0.335 e. The van der Waals surface area contributed by atoms with Crippen LogP contribution < -0.4 is 5.32 Å². The second-order valence-electron chi connectivity index (χ2n) is 3.75. The number of nitrogens with one attached hydrogen (secondary N) is 1. The van der Waals surface area contributed by atoms with Crippen LogP contribution in [-0.4, -0.2) is 11.1 Å². The van der Waals surface area contributed by atoms with Crippen LogP contribution in [0.3, 0.4) is 0 Å². The van der Waals surface area contributed by atoms with Crippen LogP contribution in [0.5, 0.6) is 0 Å². The molecular weight excluding hydrogens is 234 g/mol. The molecule has 3 nitrogen and oxygen atoms in total. The Morgan fingerprint density at radius 2 is 1.94 bits per heavy atom. The second-order valence-corrected chi connectivity index (χ2v) is 5.12. The van der Waals surface area contributed by atoms with Gasteiger partial charge in [0.15, 0.2) is 0 Å². The first-order valence-corrected chi connectivity index (χ1v) is 6.09. The fourth-order valence-electron chi connectivity index (χ4n) is 1.50. The third-order valence-electron chi connectivity index (χ3n) is 2.39.